The summed E-state index contributed by atoms with van der Waals surface area (Å²) >= 11 is 2.11. The second kappa shape index (κ2) is 13.1. The number of ether oxygens (including phenoxy) is 1. The highest BCUT2D eigenvalue weighted by Crippen LogP contribution is 2.36. The Balaban J connectivity index is 1.37. The highest BCUT2D eigenvalue weighted by Gasteiger charge is 2.34. The molecular weight excluding hydrogens is 470 g/mol. The summed E-state index contributed by atoms with van der Waals surface area (Å²) in [7, 11) is 5.91. The molecule has 1 aliphatic heterocycles. The van der Waals surface area contributed by atoms with Crippen LogP contribution < -0.4 is 4.74 Å². The molecule has 1 aromatic carbocycles. The maximum absolute atomic E-state index is 12.3. The summed E-state index contributed by atoms with van der Waals surface area (Å²) in [6.45, 7) is 2.72. The van der Waals surface area contributed by atoms with Gasteiger partial charge < -0.3 is 19.6 Å². The van der Waals surface area contributed by atoms with E-state index >= 15 is 0 Å². The zero-order valence-corrected chi connectivity index (χ0v) is 23.0. The molecule has 6 nitrogen and oxygen atoms in total. The number of pyridine rings is 1. The summed E-state index contributed by atoms with van der Waals surface area (Å²) in [4.78, 5) is 21.5. The Labute approximate surface area is 220 Å². The van der Waals surface area contributed by atoms with Crippen LogP contribution in [-0.4, -0.2) is 77.7 Å². The largest absolute Gasteiger partial charge is 0.497 e. The van der Waals surface area contributed by atoms with E-state index in [4.69, 9.17) is 4.74 Å². The van der Waals surface area contributed by atoms with Crippen LogP contribution in [0.25, 0.3) is 10.9 Å². The Morgan fingerprint density at radius 3 is 2.75 bits per heavy atom. The zero-order valence-electron chi connectivity index (χ0n) is 22.2. The monoisotopic (exact) mass is 513 g/mol. The van der Waals surface area contributed by atoms with Crippen LogP contribution in [0.3, 0.4) is 0 Å². The standard InChI is InChI=1S/C29H43N3O3S/c1-31(2)28(24-13-15-30-27-11-10-22(35-3)19-25(24)27)12-9-21-14-16-32(20-26(21)29(33)34)17-18-36-23-7-5-4-6-8-23/h10-11,13,15,19,21,23,26,28H,4-9,12,14,16-18,20H2,1-3H3,(H,33,34)/t21-,26+,28-/m1/s1. The van der Waals surface area contributed by atoms with Gasteiger partial charge in [0.05, 0.1) is 18.5 Å². The van der Waals surface area contributed by atoms with E-state index in [1.54, 1.807) is 7.11 Å². The van der Waals surface area contributed by atoms with E-state index in [0.29, 0.717) is 6.54 Å². The molecule has 0 amide bonds. The maximum Gasteiger partial charge on any atom is 0.308 e. The van der Waals surface area contributed by atoms with Gasteiger partial charge in [-0.1, -0.05) is 19.3 Å². The van der Waals surface area contributed by atoms with Crippen LogP contribution in [0, 0.1) is 11.8 Å². The highest BCUT2D eigenvalue weighted by atomic mass is 32.2. The van der Waals surface area contributed by atoms with Gasteiger partial charge in [-0.15, -0.1) is 0 Å². The number of aromatic nitrogens is 1. The number of carboxylic acids is 1. The van der Waals surface area contributed by atoms with E-state index in [1.165, 1.54) is 37.7 Å². The molecule has 1 aliphatic carbocycles. The molecule has 0 spiro atoms. The number of likely N-dealkylation sites (tertiary alicyclic amines) is 1. The summed E-state index contributed by atoms with van der Waals surface area (Å²) in [6.07, 6.45) is 11.6. The molecule has 1 N–H and O–H groups in total. The lowest BCUT2D eigenvalue weighted by molar-refractivity contribution is -0.146. The number of rotatable bonds is 11. The van der Waals surface area contributed by atoms with Crippen molar-refractivity contribution < 1.29 is 14.6 Å². The van der Waals surface area contributed by atoms with Gasteiger partial charge in [-0.05, 0) is 88.5 Å². The number of fused-ring (bicyclic) bond motifs is 1. The third-order valence-corrected chi connectivity index (χ3v) is 9.61. The maximum atomic E-state index is 12.3. The van der Waals surface area contributed by atoms with Crippen LogP contribution in [0.15, 0.2) is 30.5 Å². The van der Waals surface area contributed by atoms with Crippen molar-refractivity contribution in [1.82, 2.24) is 14.8 Å². The molecule has 2 aliphatic rings. The van der Waals surface area contributed by atoms with E-state index in [-0.39, 0.29) is 17.9 Å². The molecule has 0 unspecified atom stereocenters. The number of piperidine rings is 1. The van der Waals surface area contributed by atoms with Crippen LogP contribution in [0.4, 0.5) is 0 Å². The van der Waals surface area contributed by atoms with Crippen molar-refractivity contribution in [3.8, 4) is 5.75 Å². The van der Waals surface area contributed by atoms with Crippen molar-refractivity contribution in [1.29, 1.82) is 0 Å². The Morgan fingerprint density at radius 2 is 2.03 bits per heavy atom. The zero-order chi connectivity index (χ0) is 25.5. The number of carbonyl (C=O) groups is 1. The molecule has 7 heteroatoms. The number of methoxy groups -OCH3 is 1. The first kappa shape index (κ1) is 27.2. The van der Waals surface area contributed by atoms with Gasteiger partial charge in [-0.3, -0.25) is 9.78 Å². The predicted octanol–water partition coefficient (Wildman–Crippen LogP) is 5.71. The molecule has 1 saturated heterocycles. The lowest BCUT2D eigenvalue weighted by Crippen LogP contribution is -2.45. The molecule has 1 saturated carbocycles. The summed E-state index contributed by atoms with van der Waals surface area (Å²) in [5, 5.41) is 12.0. The summed E-state index contributed by atoms with van der Waals surface area (Å²) in [5.41, 5.74) is 2.19. The predicted molar refractivity (Wildman–Crippen MR) is 149 cm³/mol. The lowest BCUT2D eigenvalue weighted by atomic mass is 9.80. The number of carboxylic acid groups (broad SMARTS) is 1. The Morgan fingerprint density at radius 1 is 1.22 bits per heavy atom. The lowest BCUT2D eigenvalue weighted by Gasteiger charge is -2.38. The number of hydrogen-bond acceptors (Lipinski definition) is 6. The highest BCUT2D eigenvalue weighted by molar-refractivity contribution is 7.99. The van der Waals surface area contributed by atoms with E-state index in [0.717, 1.165) is 60.0 Å². The van der Waals surface area contributed by atoms with Gasteiger partial charge in [0, 0.05) is 41.7 Å². The fourth-order valence-electron chi connectivity index (χ4n) is 6.10. The molecule has 1 aromatic heterocycles. The molecule has 0 bridgehead atoms. The first-order valence-electron chi connectivity index (χ1n) is 13.6. The molecule has 2 fully saturated rings. The third kappa shape index (κ3) is 6.93. The van der Waals surface area contributed by atoms with Gasteiger partial charge in [0.2, 0.25) is 0 Å². The third-order valence-electron chi connectivity index (χ3n) is 8.25. The number of benzene rings is 1. The van der Waals surface area contributed by atoms with Gasteiger partial charge in [0.1, 0.15) is 5.75 Å². The number of aliphatic carboxylic acids is 1. The van der Waals surface area contributed by atoms with E-state index < -0.39 is 5.97 Å². The van der Waals surface area contributed by atoms with Crippen molar-refractivity contribution >= 4 is 28.6 Å². The van der Waals surface area contributed by atoms with Crippen molar-refractivity contribution in [3.63, 3.8) is 0 Å². The second-order valence-corrected chi connectivity index (χ2v) is 12.2. The first-order valence-corrected chi connectivity index (χ1v) is 14.7. The van der Waals surface area contributed by atoms with Crippen LogP contribution in [0.5, 0.6) is 5.75 Å². The number of thioether (sulfide) groups is 1. The Bertz CT molecular complexity index is 995. The first-order chi connectivity index (χ1) is 17.5. The van der Waals surface area contributed by atoms with Crippen molar-refractivity contribution in [2.24, 2.45) is 11.8 Å². The molecule has 2 heterocycles. The van der Waals surface area contributed by atoms with E-state index in [9.17, 15) is 9.90 Å². The topological polar surface area (TPSA) is 65.9 Å². The van der Waals surface area contributed by atoms with Gasteiger partial charge in [0.25, 0.3) is 0 Å². The molecule has 4 rings (SSSR count). The van der Waals surface area contributed by atoms with Gasteiger partial charge in [-0.2, -0.15) is 11.8 Å². The molecular formula is C29H43N3O3S. The van der Waals surface area contributed by atoms with Crippen molar-refractivity contribution in [2.75, 3.05) is 46.6 Å². The summed E-state index contributed by atoms with van der Waals surface area (Å²) < 4.78 is 5.47. The minimum atomic E-state index is -0.634. The number of hydrogen-bond donors (Lipinski definition) is 1. The van der Waals surface area contributed by atoms with Crippen LogP contribution in [0.1, 0.15) is 63.0 Å². The van der Waals surface area contributed by atoms with E-state index in [1.807, 2.05) is 18.3 Å². The van der Waals surface area contributed by atoms with Crippen molar-refractivity contribution in [2.45, 2.75) is 62.7 Å². The van der Waals surface area contributed by atoms with Gasteiger partial charge in [0.15, 0.2) is 0 Å². The summed E-state index contributed by atoms with van der Waals surface area (Å²) in [6, 6.07) is 8.32. The van der Waals surface area contributed by atoms with Crippen LogP contribution in [0.2, 0.25) is 0 Å². The quantitative estimate of drug-likeness (QED) is 0.412. The fraction of sp³-hybridized carbons (Fsp3) is 0.655. The van der Waals surface area contributed by atoms with E-state index in [2.05, 4.69) is 52.8 Å². The number of nitrogens with zero attached hydrogens (tertiary/aromatic N) is 3. The van der Waals surface area contributed by atoms with Gasteiger partial charge >= 0.3 is 5.97 Å². The molecule has 36 heavy (non-hydrogen) atoms. The summed E-state index contributed by atoms with van der Waals surface area (Å²) in [5.74, 6) is 1.26. The Hall–Kier alpha value is -1.83. The second-order valence-electron chi connectivity index (χ2n) is 10.8. The fourth-order valence-corrected chi connectivity index (χ4v) is 7.47. The smallest absolute Gasteiger partial charge is 0.308 e. The SMILES string of the molecule is COc1ccc2nccc([C@@H](CC[C@@H]3CCN(CCSC4CCCCC4)C[C@@H]3C(=O)O)N(C)C)c2c1. The molecule has 0 radical (unpaired) electrons. The average molecular weight is 514 g/mol. The minimum Gasteiger partial charge on any atom is -0.497 e. The molecule has 2 aromatic rings. The normalized spacial score (nSPS) is 22.7. The van der Waals surface area contributed by atoms with Crippen molar-refractivity contribution in [3.05, 3.63) is 36.0 Å². The average Bonchev–Trinajstić information content (AvgIpc) is 2.89. The molecule has 3 atom stereocenters. The molecule has 198 valence electrons. The van der Waals surface area contributed by atoms with Gasteiger partial charge in [-0.25, -0.2) is 0 Å². The Kier molecular flexibility index (Phi) is 9.91. The minimum absolute atomic E-state index is 0.196. The van der Waals surface area contributed by atoms with Crippen LogP contribution >= 0.6 is 11.8 Å². The van der Waals surface area contributed by atoms with Crippen LogP contribution in [-0.2, 0) is 4.79 Å².